The van der Waals surface area contributed by atoms with E-state index in [9.17, 15) is 4.79 Å². The first-order valence-electron chi connectivity index (χ1n) is 3.81. The van der Waals surface area contributed by atoms with Gasteiger partial charge in [-0.15, -0.1) is 0 Å². The third-order valence-electron chi connectivity index (χ3n) is 1.38. The molecule has 0 bridgehead atoms. The van der Waals surface area contributed by atoms with Crippen molar-refractivity contribution in [1.82, 2.24) is 0 Å². The van der Waals surface area contributed by atoms with E-state index in [1.165, 1.54) is 6.92 Å². The van der Waals surface area contributed by atoms with E-state index in [4.69, 9.17) is 23.2 Å². The van der Waals surface area contributed by atoms with Gasteiger partial charge in [-0.05, 0) is 24.6 Å². The molecule has 0 aliphatic carbocycles. The molecule has 0 aliphatic rings. The Morgan fingerprint density at radius 2 is 1.79 bits per heavy atom. The van der Waals surface area contributed by atoms with Gasteiger partial charge in [-0.3, -0.25) is 9.78 Å². The summed E-state index contributed by atoms with van der Waals surface area (Å²) in [6, 6.07) is 3.32. The minimum absolute atomic E-state index is 0.147. The summed E-state index contributed by atoms with van der Waals surface area (Å²) in [5.74, 6) is -0.424. The fourth-order valence-electron chi connectivity index (χ4n) is 0.867. The Kier molecular flexibility index (Phi) is 3.61. The zero-order valence-corrected chi connectivity index (χ0v) is 9.15. The molecule has 0 saturated heterocycles. The summed E-state index contributed by atoms with van der Waals surface area (Å²) in [5.41, 5.74) is 0.898. The lowest BCUT2D eigenvalue weighted by molar-refractivity contribution is -0.210. The Bertz CT molecular complexity index is 340. The molecule has 0 saturated carbocycles. The maximum absolute atomic E-state index is 10.5. The Morgan fingerprint density at radius 1 is 1.29 bits per heavy atom. The van der Waals surface area contributed by atoms with Crippen LogP contribution in [-0.2, 0) is 9.68 Å². The van der Waals surface area contributed by atoms with Gasteiger partial charge in [0.25, 0.3) is 0 Å². The summed E-state index contributed by atoms with van der Waals surface area (Å²) in [7, 11) is 0. The summed E-state index contributed by atoms with van der Waals surface area (Å²) in [6.45, 7) is 3.06. The molecule has 1 aromatic carbocycles. The summed E-state index contributed by atoms with van der Waals surface area (Å²) < 4.78 is 0. The quantitative estimate of drug-likeness (QED) is 0.583. The molecule has 0 spiro atoms. The molecule has 1 aromatic rings. The van der Waals surface area contributed by atoms with Gasteiger partial charge in [0.05, 0.1) is 10.0 Å². The van der Waals surface area contributed by atoms with Crippen molar-refractivity contribution < 1.29 is 14.6 Å². The van der Waals surface area contributed by atoms with Crippen LogP contribution < -0.4 is 4.89 Å². The van der Waals surface area contributed by atoms with Gasteiger partial charge >= 0.3 is 5.97 Å². The molecule has 5 heteroatoms. The predicted molar refractivity (Wildman–Crippen MR) is 53.6 cm³/mol. The molecular weight excluding hydrogens is 227 g/mol. The lowest BCUT2D eigenvalue weighted by Crippen LogP contribution is -2.03. The van der Waals surface area contributed by atoms with Crippen molar-refractivity contribution in [3.8, 4) is 5.75 Å². The van der Waals surface area contributed by atoms with E-state index in [0.717, 1.165) is 5.56 Å². The van der Waals surface area contributed by atoms with Gasteiger partial charge in [-0.25, -0.2) is 4.79 Å². The van der Waals surface area contributed by atoms with Crippen molar-refractivity contribution in [2.75, 3.05) is 0 Å². The van der Waals surface area contributed by atoms with E-state index in [1.54, 1.807) is 12.1 Å². The van der Waals surface area contributed by atoms with Crippen molar-refractivity contribution >= 4 is 29.2 Å². The average Bonchev–Trinajstić information content (AvgIpc) is 2.01. The molecule has 0 unspecified atom stereocenters. The first-order chi connectivity index (χ1) is 6.50. The Balaban J connectivity index is 2.91. The maximum Gasteiger partial charge on any atom is 0.352 e. The van der Waals surface area contributed by atoms with Crippen molar-refractivity contribution in [3.63, 3.8) is 0 Å². The Hall–Kier alpha value is -0.930. The molecular formula is C9H8Cl2O3. The zero-order chi connectivity index (χ0) is 10.7. The van der Waals surface area contributed by atoms with E-state index < -0.39 is 5.97 Å². The molecule has 0 radical (unpaired) electrons. The fourth-order valence-corrected chi connectivity index (χ4v) is 1.53. The lowest BCUT2D eigenvalue weighted by atomic mass is 10.2. The van der Waals surface area contributed by atoms with Crippen LogP contribution in [0.3, 0.4) is 0 Å². The van der Waals surface area contributed by atoms with Crippen LogP contribution in [0.25, 0.3) is 0 Å². The molecule has 0 aliphatic heterocycles. The second-order valence-corrected chi connectivity index (χ2v) is 3.53. The second kappa shape index (κ2) is 4.53. The van der Waals surface area contributed by atoms with Crippen LogP contribution in [0.2, 0.25) is 10.0 Å². The molecule has 0 aromatic heterocycles. The molecule has 0 fully saturated rings. The largest absolute Gasteiger partial charge is 0.352 e. The minimum Gasteiger partial charge on any atom is -0.284 e. The molecule has 3 nitrogen and oxygen atoms in total. The van der Waals surface area contributed by atoms with Crippen molar-refractivity contribution in [2.24, 2.45) is 0 Å². The topological polar surface area (TPSA) is 35.5 Å². The second-order valence-electron chi connectivity index (χ2n) is 2.72. The van der Waals surface area contributed by atoms with Gasteiger partial charge in [0, 0.05) is 6.92 Å². The van der Waals surface area contributed by atoms with Gasteiger partial charge in [0.15, 0.2) is 0 Å². The smallest absolute Gasteiger partial charge is 0.284 e. The third kappa shape index (κ3) is 2.79. The standard InChI is InChI=1S/C9H8Cl2O3/c1-5-3-7(10)9(8(11)4-5)14-13-6(2)12/h3-4H,1-2H3. The molecule has 0 heterocycles. The number of aryl methyl sites for hydroxylation is 1. The van der Waals surface area contributed by atoms with E-state index in [1.807, 2.05) is 6.92 Å². The van der Waals surface area contributed by atoms with Gasteiger partial charge in [-0.2, -0.15) is 0 Å². The number of rotatable bonds is 2. The number of benzene rings is 1. The van der Waals surface area contributed by atoms with Crippen LogP contribution in [-0.4, -0.2) is 5.97 Å². The van der Waals surface area contributed by atoms with Gasteiger partial charge in [-0.1, -0.05) is 23.2 Å². The van der Waals surface area contributed by atoms with E-state index >= 15 is 0 Å². The first kappa shape index (κ1) is 11.1. The highest BCUT2D eigenvalue weighted by atomic mass is 35.5. The van der Waals surface area contributed by atoms with E-state index in [0.29, 0.717) is 10.0 Å². The van der Waals surface area contributed by atoms with E-state index in [2.05, 4.69) is 9.78 Å². The predicted octanol–water partition coefficient (Wildman–Crippen LogP) is 3.16. The lowest BCUT2D eigenvalue weighted by Gasteiger charge is -2.06. The molecule has 76 valence electrons. The maximum atomic E-state index is 10.5. The van der Waals surface area contributed by atoms with Crippen molar-refractivity contribution in [3.05, 3.63) is 27.7 Å². The number of hydrogen-bond donors (Lipinski definition) is 0. The molecule has 0 amide bonds. The van der Waals surface area contributed by atoms with Crippen molar-refractivity contribution in [2.45, 2.75) is 13.8 Å². The Morgan fingerprint density at radius 3 is 2.21 bits per heavy atom. The summed E-state index contributed by atoms with van der Waals surface area (Å²) in [4.78, 5) is 19.5. The zero-order valence-electron chi connectivity index (χ0n) is 7.64. The van der Waals surface area contributed by atoms with Crippen LogP contribution >= 0.6 is 23.2 Å². The number of halogens is 2. The number of hydrogen-bond acceptors (Lipinski definition) is 3. The highest BCUT2D eigenvalue weighted by Crippen LogP contribution is 2.34. The molecule has 14 heavy (non-hydrogen) atoms. The summed E-state index contributed by atoms with van der Waals surface area (Å²) >= 11 is 11.6. The summed E-state index contributed by atoms with van der Waals surface area (Å²) in [5, 5.41) is 0.604. The highest BCUT2D eigenvalue weighted by molar-refractivity contribution is 6.37. The van der Waals surface area contributed by atoms with Crippen LogP contribution in [0, 0.1) is 6.92 Å². The van der Waals surface area contributed by atoms with Crippen LogP contribution in [0.1, 0.15) is 12.5 Å². The fraction of sp³-hybridized carbons (Fsp3) is 0.222. The average molecular weight is 235 g/mol. The third-order valence-corrected chi connectivity index (χ3v) is 1.95. The van der Waals surface area contributed by atoms with Gasteiger partial charge < -0.3 is 0 Å². The molecule has 0 N–H and O–H groups in total. The van der Waals surface area contributed by atoms with Gasteiger partial charge in [0.2, 0.25) is 5.75 Å². The highest BCUT2D eigenvalue weighted by Gasteiger charge is 2.10. The van der Waals surface area contributed by atoms with Crippen LogP contribution in [0.15, 0.2) is 12.1 Å². The monoisotopic (exact) mass is 234 g/mol. The van der Waals surface area contributed by atoms with Crippen molar-refractivity contribution in [1.29, 1.82) is 0 Å². The number of carbonyl (C=O) groups excluding carboxylic acids is 1. The van der Waals surface area contributed by atoms with Gasteiger partial charge in [0.1, 0.15) is 0 Å². The van der Waals surface area contributed by atoms with Crippen LogP contribution in [0.4, 0.5) is 0 Å². The first-order valence-corrected chi connectivity index (χ1v) is 4.57. The summed E-state index contributed by atoms with van der Waals surface area (Å²) in [6.07, 6.45) is 0. The van der Waals surface area contributed by atoms with E-state index in [-0.39, 0.29) is 5.75 Å². The molecule has 0 atom stereocenters. The molecule has 1 rings (SSSR count). The number of carbonyl (C=O) groups is 1. The minimum atomic E-state index is -0.572. The Labute approximate surface area is 91.5 Å². The normalized spacial score (nSPS) is 9.71. The van der Waals surface area contributed by atoms with Crippen LogP contribution in [0.5, 0.6) is 5.75 Å². The SMILES string of the molecule is CC(=O)OOc1c(Cl)cc(C)cc1Cl.